The summed E-state index contributed by atoms with van der Waals surface area (Å²) in [7, 11) is 0. The van der Waals surface area contributed by atoms with Gasteiger partial charge in [0.05, 0.1) is 17.7 Å². The molecule has 1 heterocycles. The normalized spacial score (nSPS) is 21.8. The zero-order chi connectivity index (χ0) is 27.6. The summed E-state index contributed by atoms with van der Waals surface area (Å²) in [6.45, 7) is 1.44. The Bertz CT molecular complexity index is 1280. The minimum Gasteiger partial charge on any atom is -0.374 e. The number of rotatable bonds is 4. The van der Waals surface area contributed by atoms with Crippen LogP contribution in [0.15, 0.2) is 35.5 Å². The zero-order valence-electron chi connectivity index (χ0n) is 18.6. The molecule has 0 radical (unpaired) electrons. The first-order valence-electron chi connectivity index (χ1n) is 10.6. The van der Waals surface area contributed by atoms with Crippen molar-refractivity contribution >= 4 is 23.2 Å². The molecule has 4 rings (SSSR count). The van der Waals surface area contributed by atoms with Gasteiger partial charge in [0.15, 0.2) is 0 Å². The van der Waals surface area contributed by atoms with E-state index in [9.17, 15) is 44.3 Å². The predicted octanol–water partition coefficient (Wildman–Crippen LogP) is 6.92. The summed E-state index contributed by atoms with van der Waals surface area (Å²) >= 11 is 5.60. The second kappa shape index (κ2) is 8.81. The molecule has 0 unspecified atom stereocenters. The fraction of sp³-hybridized carbons (Fsp3) is 0.391. The van der Waals surface area contributed by atoms with E-state index < -0.39 is 77.1 Å². The fourth-order valence-electron chi connectivity index (χ4n) is 4.25. The highest BCUT2D eigenvalue weighted by molar-refractivity contribution is 6.30. The number of aryl methyl sites for hydroxylation is 1. The van der Waals surface area contributed by atoms with Gasteiger partial charge in [0.1, 0.15) is 5.82 Å². The molecule has 2 aromatic rings. The molecular weight excluding hydrogens is 543 g/mol. The van der Waals surface area contributed by atoms with E-state index in [4.69, 9.17) is 11.6 Å². The van der Waals surface area contributed by atoms with E-state index in [1.165, 1.54) is 25.1 Å². The van der Waals surface area contributed by atoms with Crippen molar-refractivity contribution in [1.29, 1.82) is 0 Å². The van der Waals surface area contributed by atoms with Gasteiger partial charge in [-0.25, -0.2) is 13.2 Å². The predicted molar refractivity (Wildman–Crippen MR) is 113 cm³/mol. The average Bonchev–Trinajstić information content (AvgIpc) is 3.19. The Kier molecular flexibility index (Phi) is 6.45. The molecule has 1 N–H and O–H groups in total. The number of hydrogen-bond donors (Lipinski definition) is 1. The Balaban J connectivity index is 1.63. The first-order valence-corrected chi connectivity index (χ1v) is 11.0. The van der Waals surface area contributed by atoms with Crippen LogP contribution >= 0.6 is 11.6 Å². The van der Waals surface area contributed by atoms with Crippen LogP contribution in [0.1, 0.15) is 51.9 Å². The molecule has 1 fully saturated rings. The third-order valence-corrected chi connectivity index (χ3v) is 6.41. The summed E-state index contributed by atoms with van der Waals surface area (Å²) in [5, 5.41) is 5.03. The van der Waals surface area contributed by atoms with Crippen LogP contribution in [0.2, 0.25) is 5.02 Å². The Morgan fingerprint density at radius 3 is 2.30 bits per heavy atom. The number of benzene rings is 2. The number of oxime groups is 1. The van der Waals surface area contributed by atoms with Crippen molar-refractivity contribution in [1.82, 2.24) is 5.32 Å². The smallest absolute Gasteiger partial charge is 0.374 e. The van der Waals surface area contributed by atoms with Gasteiger partial charge in [0.2, 0.25) is 0 Å². The van der Waals surface area contributed by atoms with Crippen LogP contribution in [0.5, 0.6) is 0 Å². The Morgan fingerprint density at radius 2 is 1.76 bits per heavy atom. The molecule has 4 nitrogen and oxygen atoms in total. The van der Waals surface area contributed by atoms with Gasteiger partial charge in [-0.15, -0.1) is 0 Å². The van der Waals surface area contributed by atoms with Crippen molar-refractivity contribution in [2.24, 2.45) is 5.16 Å². The largest absolute Gasteiger partial charge is 0.435 e. The van der Waals surface area contributed by atoms with Crippen LogP contribution in [0.25, 0.3) is 0 Å². The van der Waals surface area contributed by atoms with Crippen molar-refractivity contribution in [3.8, 4) is 0 Å². The number of carbonyl (C=O) groups excluding carboxylic acids is 1. The molecule has 0 aromatic heterocycles. The molecule has 14 heteroatoms. The summed E-state index contributed by atoms with van der Waals surface area (Å²) in [4.78, 5) is 17.0. The number of nitrogens with zero attached hydrogens (tertiary/aromatic N) is 1. The quantitative estimate of drug-likeness (QED) is 0.414. The summed E-state index contributed by atoms with van der Waals surface area (Å²) < 4.78 is 123. The number of amides is 1. The van der Waals surface area contributed by atoms with Crippen molar-refractivity contribution in [3.63, 3.8) is 0 Å². The van der Waals surface area contributed by atoms with E-state index in [0.717, 1.165) is 0 Å². The van der Waals surface area contributed by atoms with E-state index >= 15 is 0 Å². The number of alkyl halides is 8. The van der Waals surface area contributed by atoms with Gasteiger partial charge in [0, 0.05) is 35.0 Å². The van der Waals surface area contributed by atoms with Crippen molar-refractivity contribution in [2.75, 3.05) is 0 Å². The molecule has 1 saturated carbocycles. The molecule has 2 aromatic carbocycles. The van der Waals surface area contributed by atoms with Crippen LogP contribution in [0, 0.1) is 12.7 Å². The fourth-order valence-corrected chi connectivity index (χ4v) is 4.47. The monoisotopic (exact) mass is 558 g/mol. The Hall–Kier alpha value is -2.96. The molecule has 0 saturated heterocycles. The first kappa shape index (κ1) is 27.1. The van der Waals surface area contributed by atoms with Crippen molar-refractivity contribution in [3.05, 3.63) is 69.0 Å². The van der Waals surface area contributed by atoms with E-state index in [-0.39, 0.29) is 28.5 Å². The SMILES string of the molecule is Cc1cc(C2=NO[C@@](c3cc(Cl)cc(C(F)(F)F)c3F)(C(F)(F)F)C2)ccc1C(=O)NC1CC(F)(F)C1. The second-order valence-electron chi connectivity index (χ2n) is 8.91. The van der Waals surface area contributed by atoms with Gasteiger partial charge >= 0.3 is 12.4 Å². The molecular formula is C23H16ClF9N2O2. The Labute approximate surface area is 208 Å². The van der Waals surface area contributed by atoms with Gasteiger partial charge in [-0.05, 0) is 42.3 Å². The molecule has 37 heavy (non-hydrogen) atoms. The van der Waals surface area contributed by atoms with Crippen LogP contribution in [-0.4, -0.2) is 29.8 Å². The van der Waals surface area contributed by atoms with Crippen LogP contribution in [0.4, 0.5) is 39.5 Å². The summed E-state index contributed by atoms with van der Waals surface area (Å²) in [6, 6.07) is 3.56. The first-order chi connectivity index (χ1) is 16.9. The van der Waals surface area contributed by atoms with Gasteiger partial charge in [0.25, 0.3) is 17.4 Å². The van der Waals surface area contributed by atoms with Gasteiger partial charge < -0.3 is 10.2 Å². The molecule has 1 amide bonds. The van der Waals surface area contributed by atoms with Crippen molar-refractivity contribution < 1.29 is 49.1 Å². The molecule has 200 valence electrons. The van der Waals surface area contributed by atoms with E-state index in [1.54, 1.807) is 0 Å². The van der Waals surface area contributed by atoms with Crippen LogP contribution in [-0.2, 0) is 16.6 Å². The minimum atomic E-state index is -5.41. The molecule has 1 aliphatic heterocycles. The summed E-state index contributed by atoms with van der Waals surface area (Å²) in [6.07, 6.45) is -13.0. The lowest BCUT2D eigenvalue weighted by Gasteiger charge is -2.35. The van der Waals surface area contributed by atoms with Gasteiger partial charge in [-0.1, -0.05) is 22.8 Å². The molecule has 0 bridgehead atoms. The highest BCUT2D eigenvalue weighted by atomic mass is 35.5. The van der Waals surface area contributed by atoms with E-state index in [2.05, 4.69) is 15.3 Å². The summed E-state index contributed by atoms with van der Waals surface area (Å²) in [5.74, 6) is -5.72. The number of carbonyl (C=O) groups is 1. The maximum atomic E-state index is 14.8. The lowest BCUT2D eigenvalue weighted by molar-refractivity contribution is -0.277. The molecule has 1 aliphatic carbocycles. The number of halogens is 10. The third-order valence-electron chi connectivity index (χ3n) is 6.19. The van der Waals surface area contributed by atoms with Crippen LogP contribution < -0.4 is 5.32 Å². The van der Waals surface area contributed by atoms with E-state index in [1.807, 2.05) is 0 Å². The number of nitrogens with one attached hydrogen (secondary N) is 1. The Morgan fingerprint density at radius 1 is 1.11 bits per heavy atom. The zero-order valence-corrected chi connectivity index (χ0v) is 19.4. The third kappa shape index (κ3) is 4.97. The summed E-state index contributed by atoms with van der Waals surface area (Å²) in [5.41, 5.74) is -7.11. The number of hydrogen-bond acceptors (Lipinski definition) is 3. The van der Waals surface area contributed by atoms with Crippen LogP contribution in [0.3, 0.4) is 0 Å². The lowest BCUT2D eigenvalue weighted by Crippen LogP contribution is -2.50. The molecule has 2 aliphatic rings. The molecule has 0 spiro atoms. The average molecular weight is 559 g/mol. The van der Waals surface area contributed by atoms with Gasteiger partial charge in [-0.2, -0.15) is 26.3 Å². The van der Waals surface area contributed by atoms with E-state index in [0.29, 0.717) is 6.07 Å². The molecule has 1 atom stereocenters. The minimum absolute atomic E-state index is 0.0221. The van der Waals surface area contributed by atoms with Crippen molar-refractivity contribution in [2.45, 2.75) is 56.1 Å². The maximum absolute atomic E-state index is 14.8. The standard InChI is InChI=1S/C23H16ClF9N2O2/c1-10-4-11(2-3-14(10)19(36)34-13-7-20(26,27)8-13)17-9-21(37-35-17,23(31,32)33)15-5-12(24)6-16(18(15)25)22(28,29)30/h2-6,13H,7-9H2,1H3,(H,34,36)/t21-/m0/s1. The highest BCUT2D eigenvalue weighted by Crippen LogP contribution is 2.51. The highest BCUT2D eigenvalue weighted by Gasteiger charge is 2.64. The second-order valence-corrected chi connectivity index (χ2v) is 9.34. The lowest BCUT2D eigenvalue weighted by atomic mass is 9.84. The van der Waals surface area contributed by atoms with Gasteiger partial charge in [-0.3, -0.25) is 4.79 Å². The maximum Gasteiger partial charge on any atom is 0.435 e. The topological polar surface area (TPSA) is 50.7 Å².